The molecule has 1 aliphatic carbocycles. The Morgan fingerprint density at radius 3 is 2.22 bits per heavy atom. The number of nitrogens with zero attached hydrogens (tertiary/aromatic N) is 2. The van der Waals surface area contributed by atoms with E-state index in [-0.39, 0.29) is 12.3 Å². The molecule has 8 aromatic carbocycles. The zero-order valence-corrected chi connectivity index (χ0v) is 31.3. The zero-order valence-electron chi connectivity index (χ0n) is 30.5. The van der Waals surface area contributed by atoms with Gasteiger partial charge in [-0.15, -0.1) is 11.3 Å². The van der Waals surface area contributed by atoms with Gasteiger partial charge < -0.3 is 9.38 Å². The van der Waals surface area contributed by atoms with Crippen molar-refractivity contribution >= 4 is 82.5 Å². The van der Waals surface area contributed by atoms with Crippen LogP contribution in [0.4, 0.5) is 11.4 Å². The molecule has 55 heavy (non-hydrogen) atoms. The minimum Gasteiger partial charge on any atom is -0.376 e. The molecular weight excluding hydrogens is 683 g/mol. The van der Waals surface area contributed by atoms with Crippen LogP contribution in [0.5, 0.6) is 0 Å². The molecule has 0 unspecified atom stereocenters. The minimum atomic E-state index is -0.107. The first-order valence-corrected chi connectivity index (χ1v) is 20.1. The lowest BCUT2D eigenvalue weighted by Crippen LogP contribution is -2.60. The summed E-state index contributed by atoms with van der Waals surface area (Å²) < 4.78 is 3.96. The Hall–Kier alpha value is -6.36. The van der Waals surface area contributed by atoms with Crippen molar-refractivity contribution in [2.45, 2.75) is 19.3 Å². The summed E-state index contributed by atoms with van der Waals surface area (Å²) in [5.74, 6) is 0. The van der Waals surface area contributed by atoms with Crippen molar-refractivity contribution in [2.75, 3.05) is 4.81 Å². The fourth-order valence-electron chi connectivity index (χ4n) is 10.6. The molecule has 13 rings (SSSR count). The van der Waals surface area contributed by atoms with Crippen LogP contribution < -0.4 is 15.7 Å². The molecule has 0 bridgehead atoms. The summed E-state index contributed by atoms with van der Waals surface area (Å²) in [6.07, 6.45) is 0. The summed E-state index contributed by atoms with van der Waals surface area (Å²) in [5.41, 5.74) is 18.3. The molecule has 0 saturated carbocycles. The first-order chi connectivity index (χ1) is 27.1. The van der Waals surface area contributed by atoms with Gasteiger partial charge in [0.1, 0.15) is 4.83 Å². The van der Waals surface area contributed by atoms with E-state index in [1.807, 2.05) is 11.3 Å². The first kappa shape index (κ1) is 30.0. The zero-order chi connectivity index (χ0) is 36.2. The van der Waals surface area contributed by atoms with Crippen LogP contribution in [0.2, 0.25) is 0 Å². The molecule has 0 saturated heterocycles. The second kappa shape index (κ2) is 10.4. The lowest BCUT2D eigenvalue weighted by molar-refractivity contribution is 0.660. The minimum absolute atomic E-state index is 0.0279. The van der Waals surface area contributed by atoms with E-state index >= 15 is 0 Å². The van der Waals surface area contributed by atoms with Gasteiger partial charge in [0.25, 0.3) is 0 Å². The number of hydrogen-bond acceptors (Lipinski definition) is 2. The lowest BCUT2D eigenvalue weighted by Gasteiger charge is -2.43. The van der Waals surface area contributed by atoms with Crippen LogP contribution in [-0.4, -0.2) is 11.4 Å². The highest BCUT2D eigenvalue weighted by Crippen LogP contribution is 2.53. The standard InChI is InChI=1S/C51H33BN2S/c1-51(2)40-20-10-8-17-35(40)36-25-24-33(29-41(36)51)54-43-26-23-31-15-6-7-16-34(31)46(43)39-27-32(30-13-4-3-5-14-30)28-44-48(39)52(54)42-21-12-19-38-47-37-18-9-11-22-45(37)55-50(47)53(44)49(38)42/h3-29H,1-2H3. The van der Waals surface area contributed by atoms with Crippen LogP contribution in [0.25, 0.3) is 81.0 Å². The highest BCUT2D eigenvalue weighted by Gasteiger charge is 2.45. The number of anilines is 2. The average molecular weight is 717 g/mol. The highest BCUT2D eigenvalue weighted by molar-refractivity contribution is 7.26. The van der Waals surface area contributed by atoms with Crippen LogP contribution >= 0.6 is 11.3 Å². The van der Waals surface area contributed by atoms with Crippen LogP contribution in [0, 0.1) is 0 Å². The summed E-state index contributed by atoms with van der Waals surface area (Å²) in [4.78, 5) is 4.01. The number of hydrogen-bond donors (Lipinski definition) is 0. The van der Waals surface area contributed by atoms with Gasteiger partial charge >= 0.3 is 6.85 Å². The number of benzene rings is 8. The van der Waals surface area contributed by atoms with Crippen molar-refractivity contribution < 1.29 is 0 Å². The van der Waals surface area contributed by atoms with Crippen LogP contribution in [0.1, 0.15) is 25.0 Å². The third-order valence-electron chi connectivity index (χ3n) is 13.0. The predicted molar refractivity (Wildman–Crippen MR) is 236 cm³/mol. The summed E-state index contributed by atoms with van der Waals surface area (Å²) in [5, 5.41) is 6.58. The molecule has 2 aliphatic heterocycles. The molecule has 4 heteroatoms. The lowest BCUT2D eigenvalue weighted by atomic mass is 9.43. The molecule has 0 amide bonds. The molecule has 2 aromatic heterocycles. The number of aromatic nitrogens is 1. The number of rotatable bonds is 2. The number of thiophene rings is 1. The quantitative estimate of drug-likeness (QED) is 0.162. The molecule has 10 aromatic rings. The normalized spacial score (nSPS) is 14.4. The molecule has 0 radical (unpaired) electrons. The van der Waals surface area contributed by atoms with Crippen molar-refractivity contribution in [3.8, 4) is 39.1 Å². The highest BCUT2D eigenvalue weighted by atomic mass is 32.1. The Kier molecular flexibility index (Phi) is 5.70. The Balaban J connectivity index is 1.20. The topological polar surface area (TPSA) is 8.17 Å². The molecule has 0 atom stereocenters. The van der Waals surface area contributed by atoms with E-state index < -0.39 is 0 Å². The van der Waals surface area contributed by atoms with Gasteiger partial charge in [-0.3, -0.25) is 0 Å². The van der Waals surface area contributed by atoms with E-state index in [4.69, 9.17) is 0 Å². The molecular formula is C51H33BN2S. The van der Waals surface area contributed by atoms with E-state index in [1.54, 1.807) is 0 Å². The fourth-order valence-corrected chi connectivity index (χ4v) is 11.8. The van der Waals surface area contributed by atoms with Gasteiger partial charge in [0.2, 0.25) is 0 Å². The van der Waals surface area contributed by atoms with Gasteiger partial charge in [0, 0.05) is 48.9 Å². The fraction of sp³-hybridized carbons (Fsp3) is 0.0588. The third kappa shape index (κ3) is 3.75. The van der Waals surface area contributed by atoms with Crippen molar-refractivity contribution in [3.63, 3.8) is 0 Å². The van der Waals surface area contributed by atoms with Crippen molar-refractivity contribution in [2.24, 2.45) is 0 Å². The maximum atomic E-state index is 2.69. The van der Waals surface area contributed by atoms with E-state index in [9.17, 15) is 0 Å². The van der Waals surface area contributed by atoms with Crippen molar-refractivity contribution in [1.82, 2.24) is 4.57 Å². The van der Waals surface area contributed by atoms with E-state index in [0.29, 0.717) is 0 Å². The summed E-state index contributed by atoms with van der Waals surface area (Å²) >= 11 is 1.92. The Labute approximate surface area is 323 Å². The molecule has 0 N–H and O–H groups in total. The molecule has 4 heterocycles. The van der Waals surface area contributed by atoms with Gasteiger partial charge in [0.05, 0.1) is 5.52 Å². The molecule has 3 aliphatic rings. The van der Waals surface area contributed by atoms with E-state index in [2.05, 4.69) is 187 Å². The van der Waals surface area contributed by atoms with Crippen LogP contribution in [-0.2, 0) is 5.41 Å². The van der Waals surface area contributed by atoms with Gasteiger partial charge in [-0.05, 0) is 97.0 Å². The van der Waals surface area contributed by atoms with Crippen LogP contribution in [0.3, 0.4) is 0 Å². The maximum absolute atomic E-state index is 2.69. The van der Waals surface area contributed by atoms with Crippen molar-refractivity contribution in [3.05, 3.63) is 175 Å². The Bertz CT molecular complexity index is 3310. The van der Waals surface area contributed by atoms with E-state index in [1.165, 1.54) is 114 Å². The number of fused-ring (bicyclic) bond motifs is 14. The Morgan fingerprint density at radius 1 is 0.545 bits per heavy atom. The second-order valence-corrected chi connectivity index (χ2v) is 17.1. The third-order valence-corrected chi connectivity index (χ3v) is 14.1. The second-order valence-electron chi connectivity index (χ2n) is 16.0. The molecule has 2 nitrogen and oxygen atoms in total. The smallest absolute Gasteiger partial charge is 0.333 e. The van der Waals surface area contributed by atoms with Gasteiger partial charge in [-0.1, -0.05) is 141 Å². The summed E-state index contributed by atoms with van der Waals surface area (Å²) in [6, 6.07) is 61.9. The van der Waals surface area contributed by atoms with Crippen LogP contribution in [0.15, 0.2) is 164 Å². The number of para-hydroxylation sites is 1. The average Bonchev–Trinajstić information content (AvgIpc) is 3.85. The van der Waals surface area contributed by atoms with Gasteiger partial charge in [-0.25, -0.2) is 0 Å². The van der Waals surface area contributed by atoms with E-state index in [0.717, 1.165) is 0 Å². The maximum Gasteiger partial charge on any atom is 0.333 e. The molecule has 256 valence electrons. The predicted octanol–water partition coefficient (Wildman–Crippen LogP) is 12.4. The monoisotopic (exact) mass is 716 g/mol. The Morgan fingerprint density at radius 2 is 1.31 bits per heavy atom. The van der Waals surface area contributed by atoms with Gasteiger partial charge in [0.15, 0.2) is 0 Å². The first-order valence-electron chi connectivity index (χ1n) is 19.3. The van der Waals surface area contributed by atoms with Gasteiger partial charge in [-0.2, -0.15) is 0 Å². The largest absolute Gasteiger partial charge is 0.376 e. The summed E-state index contributed by atoms with van der Waals surface area (Å²) in [7, 11) is 0. The molecule has 0 fully saturated rings. The summed E-state index contributed by atoms with van der Waals surface area (Å²) in [6.45, 7) is 4.76. The van der Waals surface area contributed by atoms with Crippen molar-refractivity contribution in [1.29, 1.82) is 0 Å². The SMILES string of the molecule is CC1(C)c2ccccc2-c2ccc(N3B4c5c(cc(-c6ccccc6)cc5-n5c6sc7ccccc7c6c6cccc4c65)-c4c3ccc3ccccc43)cc21. The molecule has 0 spiro atoms.